The maximum absolute atomic E-state index is 12.7. The van der Waals surface area contributed by atoms with Gasteiger partial charge in [-0.3, -0.25) is 14.5 Å². The van der Waals surface area contributed by atoms with Gasteiger partial charge in [-0.15, -0.1) is 0 Å². The van der Waals surface area contributed by atoms with Crippen LogP contribution in [0.4, 0.5) is 5.69 Å². The van der Waals surface area contributed by atoms with E-state index in [0.717, 1.165) is 5.76 Å². The van der Waals surface area contributed by atoms with Crippen LogP contribution < -0.4 is 5.32 Å². The SMILES string of the molecule is CN(CC(=O)Nc1ccccc1C(=O)c1ccccc1)Cc1ccco1. The molecule has 0 spiro atoms. The number of likely N-dealkylation sites (N-methyl/N-ethyl adjacent to an activating group) is 1. The Kier molecular flexibility index (Phi) is 5.61. The minimum atomic E-state index is -0.188. The minimum absolute atomic E-state index is 0.120. The van der Waals surface area contributed by atoms with E-state index < -0.39 is 0 Å². The Morgan fingerprint density at radius 1 is 0.962 bits per heavy atom. The summed E-state index contributed by atoms with van der Waals surface area (Å²) in [6.07, 6.45) is 1.61. The van der Waals surface area contributed by atoms with Gasteiger partial charge in [-0.25, -0.2) is 0 Å². The third-order valence-electron chi connectivity index (χ3n) is 3.90. The molecular formula is C21H20N2O3. The maximum Gasteiger partial charge on any atom is 0.238 e. The molecule has 0 aliphatic heterocycles. The summed E-state index contributed by atoms with van der Waals surface area (Å²) in [5, 5.41) is 2.84. The lowest BCUT2D eigenvalue weighted by Gasteiger charge is -2.16. The summed E-state index contributed by atoms with van der Waals surface area (Å²) in [5.41, 5.74) is 1.57. The Morgan fingerprint density at radius 3 is 2.42 bits per heavy atom. The van der Waals surface area contributed by atoms with E-state index in [0.29, 0.717) is 23.4 Å². The summed E-state index contributed by atoms with van der Waals surface area (Å²) in [6, 6.07) is 19.7. The van der Waals surface area contributed by atoms with Gasteiger partial charge in [0, 0.05) is 11.1 Å². The molecule has 5 nitrogen and oxygen atoms in total. The number of nitrogens with zero attached hydrogens (tertiary/aromatic N) is 1. The predicted molar refractivity (Wildman–Crippen MR) is 100.0 cm³/mol. The number of furan rings is 1. The summed E-state index contributed by atoms with van der Waals surface area (Å²) in [4.78, 5) is 26.9. The topological polar surface area (TPSA) is 62.6 Å². The first-order chi connectivity index (χ1) is 12.6. The summed E-state index contributed by atoms with van der Waals surface area (Å²) < 4.78 is 5.29. The fourth-order valence-electron chi connectivity index (χ4n) is 2.69. The van der Waals surface area contributed by atoms with Gasteiger partial charge in [0.1, 0.15) is 5.76 Å². The van der Waals surface area contributed by atoms with Crippen molar-refractivity contribution in [3.05, 3.63) is 89.9 Å². The van der Waals surface area contributed by atoms with Crippen molar-refractivity contribution in [3.8, 4) is 0 Å². The Bertz CT molecular complexity index is 873. The predicted octanol–water partition coefficient (Wildman–Crippen LogP) is 3.58. The molecule has 26 heavy (non-hydrogen) atoms. The van der Waals surface area contributed by atoms with Crippen molar-refractivity contribution in [3.63, 3.8) is 0 Å². The molecule has 1 heterocycles. The van der Waals surface area contributed by atoms with Crippen LogP contribution in [0.15, 0.2) is 77.4 Å². The number of rotatable bonds is 7. The first-order valence-electron chi connectivity index (χ1n) is 8.33. The Balaban J connectivity index is 1.68. The van der Waals surface area contributed by atoms with Crippen molar-refractivity contribution in [1.29, 1.82) is 0 Å². The molecule has 0 atom stereocenters. The molecular weight excluding hydrogens is 328 g/mol. The summed E-state index contributed by atoms with van der Waals surface area (Å²) >= 11 is 0. The molecule has 1 amide bonds. The highest BCUT2D eigenvalue weighted by molar-refractivity contribution is 6.13. The van der Waals surface area contributed by atoms with Gasteiger partial charge >= 0.3 is 0 Å². The van der Waals surface area contributed by atoms with Gasteiger partial charge in [0.05, 0.1) is 25.0 Å². The average molecular weight is 348 g/mol. The van der Waals surface area contributed by atoms with Crippen LogP contribution >= 0.6 is 0 Å². The van der Waals surface area contributed by atoms with Crippen molar-refractivity contribution in [2.24, 2.45) is 0 Å². The van der Waals surface area contributed by atoms with E-state index in [2.05, 4.69) is 5.32 Å². The number of nitrogens with one attached hydrogen (secondary N) is 1. The molecule has 0 fully saturated rings. The second-order valence-corrected chi connectivity index (χ2v) is 6.04. The van der Waals surface area contributed by atoms with Gasteiger partial charge in [-0.1, -0.05) is 42.5 Å². The molecule has 0 saturated heterocycles. The quantitative estimate of drug-likeness (QED) is 0.663. The van der Waals surface area contributed by atoms with Gasteiger partial charge in [0.2, 0.25) is 5.91 Å². The van der Waals surface area contributed by atoms with Crippen molar-refractivity contribution in [2.75, 3.05) is 18.9 Å². The van der Waals surface area contributed by atoms with E-state index in [4.69, 9.17) is 4.42 Å². The number of para-hydroxylation sites is 1. The molecule has 0 bridgehead atoms. The summed E-state index contributed by atoms with van der Waals surface area (Å²) in [6.45, 7) is 0.722. The number of amides is 1. The lowest BCUT2D eigenvalue weighted by molar-refractivity contribution is -0.117. The first kappa shape index (κ1) is 17.6. The molecule has 3 rings (SSSR count). The van der Waals surface area contributed by atoms with Crippen LogP contribution in [0.2, 0.25) is 0 Å². The average Bonchev–Trinajstić information content (AvgIpc) is 3.15. The molecule has 132 valence electrons. The third-order valence-corrected chi connectivity index (χ3v) is 3.90. The number of carbonyl (C=O) groups is 2. The van der Waals surface area contributed by atoms with E-state index in [1.54, 1.807) is 42.7 Å². The molecule has 0 saturated carbocycles. The zero-order chi connectivity index (χ0) is 18.4. The summed E-state index contributed by atoms with van der Waals surface area (Å²) in [5.74, 6) is 0.484. The fourth-order valence-corrected chi connectivity index (χ4v) is 2.69. The van der Waals surface area contributed by atoms with Gasteiger partial charge in [0.25, 0.3) is 0 Å². The number of hydrogen-bond acceptors (Lipinski definition) is 4. The minimum Gasteiger partial charge on any atom is -0.468 e. The monoisotopic (exact) mass is 348 g/mol. The van der Waals surface area contributed by atoms with E-state index in [-0.39, 0.29) is 18.2 Å². The van der Waals surface area contributed by atoms with Crippen LogP contribution in [0.5, 0.6) is 0 Å². The molecule has 0 unspecified atom stereocenters. The Labute approximate surface area is 152 Å². The standard InChI is InChI=1S/C21H20N2O3/c1-23(14-17-10-7-13-26-17)15-20(24)22-19-12-6-5-11-18(19)21(25)16-8-3-2-4-9-16/h2-13H,14-15H2,1H3,(H,22,24). The first-order valence-corrected chi connectivity index (χ1v) is 8.33. The second-order valence-electron chi connectivity index (χ2n) is 6.04. The Morgan fingerprint density at radius 2 is 1.69 bits per heavy atom. The van der Waals surface area contributed by atoms with Crippen molar-refractivity contribution >= 4 is 17.4 Å². The van der Waals surface area contributed by atoms with E-state index in [1.165, 1.54) is 0 Å². The van der Waals surface area contributed by atoms with Crippen LogP contribution in [0.3, 0.4) is 0 Å². The zero-order valence-corrected chi connectivity index (χ0v) is 14.5. The van der Waals surface area contributed by atoms with Crippen LogP contribution in [-0.4, -0.2) is 30.2 Å². The number of benzene rings is 2. The lowest BCUT2D eigenvalue weighted by atomic mass is 10.0. The molecule has 3 aromatic rings. The van der Waals surface area contributed by atoms with Crippen molar-refractivity contribution in [1.82, 2.24) is 4.90 Å². The molecule has 0 aliphatic rings. The summed E-state index contributed by atoms with van der Waals surface area (Å²) in [7, 11) is 1.84. The largest absolute Gasteiger partial charge is 0.468 e. The zero-order valence-electron chi connectivity index (χ0n) is 14.5. The smallest absolute Gasteiger partial charge is 0.238 e. The molecule has 1 N–H and O–H groups in total. The molecule has 0 aliphatic carbocycles. The number of anilines is 1. The third kappa shape index (κ3) is 4.46. The van der Waals surface area contributed by atoms with E-state index in [1.807, 2.05) is 42.3 Å². The number of carbonyl (C=O) groups excluding carboxylic acids is 2. The highest BCUT2D eigenvalue weighted by Crippen LogP contribution is 2.19. The number of ketones is 1. The van der Waals surface area contributed by atoms with Gasteiger partial charge in [0.15, 0.2) is 5.78 Å². The molecule has 0 radical (unpaired) electrons. The van der Waals surface area contributed by atoms with E-state index >= 15 is 0 Å². The van der Waals surface area contributed by atoms with Gasteiger partial charge < -0.3 is 9.73 Å². The Hall–Kier alpha value is -3.18. The highest BCUT2D eigenvalue weighted by atomic mass is 16.3. The normalized spacial score (nSPS) is 10.7. The van der Waals surface area contributed by atoms with Gasteiger partial charge in [-0.05, 0) is 31.3 Å². The maximum atomic E-state index is 12.7. The van der Waals surface area contributed by atoms with E-state index in [9.17, 15) is 9.59 Å². The molecule has 5 heteroatoms. The fraction of sp³-hybridized carbons (Fsp3) is 0.143. The lowest BCUT2D eigenvalue weighted by Crippen LogP contribution is -2.30. The second kappa shape index (κ2) is 8.27. The van der Waals surface area contributed by atoms with Crippen LogP contribution in [0.1, 0.15) is 21.7 Å². The van der Waals surface area contributed by atoms with Crippen LogP contribution in [0, 0.1) is 0 Å². The highest BCUT2D eigenvalue weighted by Gasteiger charge is 2.15. The molecule has 2 aromatic carbocycles. The van der Waals surface area contributed by atoms with Gasteiger partial charge in [-0.2, -0.15) is 0 Å². The number of hydrogen-bond donors (Lipinski definition) is 1. The van der Waals surface area contributed by atoms with Crippen LogP contribution in [0.25, 0.3) is 0 Å². The van der Waals surface area contributed by atoms with Crippen molar-refractivity contribution in [2.45, 2.75) is 6.54 Å². The van der Waals surface area contributed by atoms with Crippen molar-refractivity contribution < 1.29 is 14.0 Å². The molecule has 1 aromatic heterocycles. The van der Waals surface area contributed by atoms with Crippen LogP contribution in [-0.2, 0) is 11.3 Å².